The van der Waals surface area contributed by atoms with E-state index in [-0.39, 0.29) is 6.52 Å². The van der Waals surface area contributed by atoms with E-state index >= 15 is 0 Å². The molecule has 1 heteroatoms. The van der Waals surface area contributed by atoms with E-state index in [0.29, 0.717) is 0 Å². The van der Waals surface area contributed by atoms with Crippen molar-refractivity contribution in [2.45, 2.75) is 19.8 Å². The van der Waals surface area contributed by atoms with Gasteiger partial charge in [-0.3, -0.25) is 0 Å². The normalized spacial score (nSPS) is 17.6. The third-order valence-corrected chi connectivity index (χ3v) is 0.455. The van der Waals surface area contributed by atoms with Gasteiger partial charge in [0.1, 0.15) is 0 Å². The van der Waals surface area contributed by atoms with Crippen LogP contribution in [0.25, 0.3) is 0 Å². The fraction of sp³-hybridized carbons (Fsp3) is 1.00. The fourth-order valence-corrected chi connectivity index (χ4v) is 0.167. The van der Waals surface area contributed by atoms with E-state index in [1.165, 1.54) is 0 Å². The van der Waals surface area contributed by atoms with Crippen LogP contribution in [-0.4, -0.2) is 6.52 Å². The maximum absolute atomic E-state index is 6.76. The first-order valence-corrected chi connectivity index (χ1v) is 1.95. The lowest BCUT2D eigenvalue weighted by molar-refractivity contribution is 0.807. The van der Waals surface area contributed by atoms with Crippen molar-refractivity contribution in [2.75, 3.05) is 6.52 Å². The highest BCUT2D eigenvalue weighted by Gasteiger charge is 1.67. The van der Waals surface area contributed by atoms with Crippen LogP contribution in [0.2, 0.25) is 0 Å². The van der Waals surface area contributed by atoms with E-state index in [2.05, 4.69) is 0 Å². The van der Waals surface area contributed by atoms with Crippen LogP contribution in [0.4, 0.5) is 0 Å². The average molecular weight is 74.1 g/mol. The van der Waals surface area contributed by atoms with Crippen LogP contribution < -0.4 is 5.73 Å². The van der Waals surface area contributed by atoms with Crippen molar-refractivity contribution in [3.05, 3.63) is 0 Å². The Morgan fingerprint density at radius 1 is 2.00 bits per heavy atom. The molecular formula is C4H11N. The number of hydrogen-bond donors (Lipinski definition) is 1. The summed E-state index contributed by atoms with van der Waals surface area (Å²) in [7, 11) is 0. The first-order valence-electron chi connectivity index (χ1n) is 2.53. The maximum atomic E-state index is 6.76. The monoisotopic (exact) mass is 74.1 g/mol. The Balaban J connectivity index is 2.63. The van der Waals surface area contributed by atoms with E-state index in [0.717, 1.165) is 12.8 Å². The summed E-state index contributed by atoms with van der Waals surface area (Å²) in [6.07, 6.45) is 1.84. The number of hydrogen-bond acceptors (Lipinski definition) is 1. The zero-order chi connectivity index (χ0) is 4.99. The Hall–Kier alpha value is -0.0400. The molecule has 1 atom stereocenters. The molecule has 0 aromatic heterocycles. The van der Waals surface area contributed by atoms with Gasteiger partial charge in [-0.05, 0) is 12.9 Å². The van der Waals surface area contributed by atoms with E-state index in [4.69, 9.17) is 7.10 Å². The van der Waals surface area contributed by atoms with Gasteiger partial charge in [0.25, 0.3) is 0 Å². The van der Waals surface area contributed by atoms with Crippen LogP contribution in [0.15, 0.2) is 0 Å². The average Bonchev–Trinajstić information content (AvgIpc) is 1.35. The van der Waals surface area contributed by atoms with Crippen LogP contribution in [0.5, 0.6) is 0 Å². The number of rotatable bonds is 2. The second kappa shape index (κ2) is 3.96. The van der Waals surface area contributed by atoms with Crippen molar-refractivity contribution in [3.8, 4) is 0 Å². The summed E-state index contributed by atoms with van der Waals surface area (Å²) in [5, 5.41) is 0. The molecule has 0 radical (unpaired) electrons. The molecule has 0 bridgehead atoms. The van der Waals surface area contributed by atoms with Gasteiger partial charge < -0.3 is 5.73 Å². The highest BCUT2D eigenvalue weighted by Crippen LogP contribution is 1.77. The van der Waals surface area contributed by atoms with Crippen molar-refractivity contribution >= 4 is 0 Å². The smallest absolute Gasteiger partial charge is 0.0425 e. The predicted octanol–water partition coefficient (Wildman–Crippen LogP) is 0.745. The molecule has 0 aliphatic heterocycles. The zero-order valence-electron chi connectivity index (χ0n) is 4.57. The van der Waals surface area contributed by atoms with Crippen molar-refractivity contribution in [1.82, 2.24) is 0 Å². The summed E-state index contributed by atoms with van der Waals surface area (Å²) in [6.45, 7) is 1.67. The maximum Gasteiger partial charge on any atom is 0.0425 e. The molecule has 0 fully saturated rings. The third-order valence-electron chi connectivity index (χ3n) is 0.455. The highest BCUT2D eigenvalue weighted by atomic mass is 14.5. The summed E-state index contributed by atoms with van der Waals surface area (Å²) in [5.41, 5.74) is 5.07. The van der Waals surface area contributed by atoms with Crippen molar-refractivity contribution in [2.24, 2.45) is 5.73 Å². The molecule has 0 spiro atoms. The summed E-state index contributed by atoms with van der Waals surface area (Å²) >= 11 is 0. The summed E-state index contributed by atoms with van der Waals surface area (Å²) in [5.74, 6) is 0. The minimum absolute atomic E-state index is 0.352. The Bertz CT molecular complexity index is 28.7. The van der Waals surface area contributed by atoms with Crippen LogP contribution in [-0.2, 0) is 0 Å². The lowest BCUT2D eigenvalue weighted by Crippen LogP contribution is -1.95. The summed E-state index contributed by atoms with van der Waals surface area (Å²) in [6, 6.07) is 0. The molecule has 0 saturated carbocycles. The highest BCUT2D eigenvalue weighted by molar-refractivity contribution is 4.29. The van der Waals surface area contributed by atoms with Gasteiger partial charge in [0.2, 0.25) is 0 Å². The molecular weight excluding hydrogens is 62.1 g/mol. The van der Waals surface area contributed by atoms with E-state index < -0.39 is 0 Å². The van der Waals surface area contributed by atoms with E-state index in [1.54, 1.807) is 0 Å². The Labute approximate surface area is 34.6 Å². The Morgan fingerprint density at radius 3 is 2.60 bits per heavy atom. The largest absolute Gasteiger partial charge is 0.330 e. The molecule has 0 saturated heterocycles. The van der Waals surface area contributed by atoms with Gasteiger partial charge >= 0.3 is 0 Å². The molecule has 32 valence electrons. The molecule has 0 unspecified atom stereocenters. The molecule has 0 heterocycles. The molecule has 0 aliphatic carbocycles. The van der Waals surface area contributed by atoms with Gasteiger partial charge in [0, 0.05) is 1.37 Å². The summed E-state index contributed by atoms with van der Waals surface area (Å²) < 4.78 is 6.76. The second-order valence-corrected chi connectivity index (χ2v) is 1.02. The van der Waals surface area contributed by atoms with Gasteiger partial charge in [-0.15, -0.1) is 0 Å². The third kappa shape index (κ3) is 3.96. The Morgan fingerprint density at radius 2 is 2.60 bits per heavy atom. The summed E-state index contributed by atoms with van der Waals surface area (Å²) in [4.78, 5) is 0. The van der Waals surface area contributed by atoms with Gasteiger partial charge in [0.05, 0.1) is 0 Å². The molecule has 2 N–H and O–H groups in total. The minimum Gasteiger partial charge on any atom is -0.330 e. The molecule has 5 heavy (non-hydrogen) atoms. The van der Waals surface area contributed by atoms with Gasteiger partial charge in [-0.1, -0.05) is 13.3 Å². The van der Waals surface area contributed by atoms with Crippen LogP contribution in [0, 0.1) is 0 Å². The lowest BCUT2D eigenvalue weighted by Gasteiger charge is -1.80. The van der Waals surface area contributed by atoms with Gasteiger partial charge in [0.15, 0.2) is 0 Å². The molecule has 0 amide bonds. The zero-order valence-corrected chi connectivity index (χ0v) is 3.57. The first kappa shape index (κ1) is 3.16. The van der Waals surface area contributed by atoms with Crippen LogP contribution in [0.3, 0.4) is 0 Å². The molecule has 1 nitrogen and oxygen atoms in total. The van der Waals surface area contributed by atoms with Gasteiger partial charge in [-0.2, -0.15) is 0 Å². The second-order valence-electron chi connectivity index (χ2n) is 1.02. The molecule has 0 aliphatic rings. The van der Waals surface area contributed by atoms with Crippen molar-refractivity contribution in [3.63, 3.8) is 0 Å². The number of nitrogens with two attached hydrogens (primary N) is 1. The van der Waals surface area contributed by atoms with Crippen LogP contribution in [0.1, 0.15) is 21.1 Å². The van der Waals surface area contributed by atoms with Crippen molar-refractivity contribution < 1.29 is 1.37 Å². The van der Waals surface area contributed by atoms with Crippen molar-refractivity contribution in [1.29, 1.82) is 0 Å². The van der Waals surface area contributed by atoms with Crippen LogP contribution >= 0.6 is 0 Å². The first-order chi connectivity index (χ1) is 2.77. The Kier molecular flexibility index (Phi) is 2.50. The van der Waals surface area contributed by atoms with E-state index in [1.807, 2.05) is 6.92 Å². The molecule has 0 aromatic rings. The topological polar surface area (TPSA) is 26.0 Å². The molecule has 0 rings (SSSR count). The predicted molar refractivity (Wildman–Crippen MR) is 24.0 cm³/mol. The molecule has 0 aromatic carbocycles. The lowest BCUT2D eigenvalue weighted by atomic mass is 10.3. The van der Waals surface area contributed by atoms with Gasteiger partial charge in [-0.25, -0.2) is 0 Å². The standard InChI is InChI=1S/C4H11N/c1-2-3-4-5/h2-5H2,1H3/i4D/t4-/m0/s1. The fourth-order valence-electron chi connectivity index (χ4n) is 0.167. The minimum atomic E-state index is -0.352. The quantitative estimate of drug-likeness (QED) is 0.513. The van der Waals surface area contributed by atoms with E-state index in [9.17, 15) is 0 Å². The SMILES string of the molecule is [2H][C@H](N)CCC.